The van der Waals surface area contributed by atoms with Crippen molar-refractivity contribution in [3.8, 4) is 0 Å². The third-order valence-electron chi connectivity index (χ3n) is 3.50. The van der Waals surface area contributed by atoms with Crippen LogP contribution in [0.15, 0.2) is 48.5 Å². The maximum absolute atomic E-state index is 13.1. The number of urea groups is 1. The molecular formula is C18H20F2N2O2. The average Bonchev–Trinajstić information content (AvgIpc) is 2.54. The predicted octanol–water partition coefficient (Wildman–Crippen LogP) is 2.41. The summed E-state index contributed by atoms with van der Waals surface area (Å²) in [6.07, 6.45) is 0.824. The van der Waals surface area contributed by atoms with Crippen LogP contribution in [-0.2, 0) is 12.8 Å². The highest BCUT2D eigenvalue weighted by Crippen LogP contribution is 2.08. The number of benzene rings is 2. The van der Waals surface area contributed by atoms with Crippen molar-refractivity contribution in [1.29, 1.82) is 0 Å². The quantitative estimate of drug-likeness (QED) is 0.728. The molecular weight excluding hydrogens is 314 g/mol. The van der Waals surface area contributed by atoms with Gasteiger partial charge in [0.1, 0.15) is 11.6 Å². The highest BCUT2D eigenvalue weighted by Gasteiger charge is 2.11. The van der Waals surface area contributed by atoms with Gasteiger partial charge in [0, 0.05) is 12.6 Å². The van der Waals surface area contributed by atoms with Crippen molar-refractivity contribution in [1.82, 2.24) is 10.6 Å². The van der Waals surface area contributed by atoms with Gasteiger partial charge < -0.3 is 15.7 Å². The minimum atomic E-state index is -0.641. The molecule has 6 heteroatoms. The maximum atomic E-state index is 13.1. The summed E-state index contributed by atoms with van der Waals surface area (Å²) in [5, 5.41) is 14.7. The number of aliphatic hydroxyl groups excluding tert-OH is 1. The molecule has 1 atom stereocenters. The van der Waals surface area contributed by atoms with Gasteiger partial charge in [-0.05, 0) is 36.1 Å². The van der Waals surface area contributed by atoms with E-state index in [1.165, 1.54) is 12.1 Å². The summed E-state index contributed by atoms with van der Waals surface area (Å²) >= 11 is 0. The smallest absolute Gasteiger partial charge is 0.315 e. The van der Waals surface area contributed by atoms with Crippen LogP contribution in [0.25, 0.3) is 0 Å². The molecule has 2 aromatic rings. The number of hydrogen-bond donors (Lipinski definition) is 3. The maximum Gasteiger partial charge on any atom is 0.315 e. The molecule has 0 saturated heterocycles. The molecule has 0 aliphatic carbocycles. The zero-order valence-electron chi connectivity index (χ0n) is 13.1. The summed E-state index contributed by atoms with van der Waals surface area (Å²) in [6, 6.07) is 11.9. The highest BCUT2D eigenvalue weighted by atomic mass is 19.1. The van der Waals surface area contributed by atoms with Gasteiger partial charge in [-0.1, -0.05) is 30.3 Å². The molecule has 1 unspecified atom stereocenters. The van der Waals surface area contributed by atoms with Crippen LogP contribution in [0.1, 0.15) is 11.1 Å². The van der Waals surface area contributed by atoms with E-state index in [1.54, 1.807) is 0 Å². The predicted molar refractivity (Wildman–Crippen MR) is 87.6 cm³/mol. The summed E-state index contributed by atoms with van der Waals surface area (Å²) in [6.45, 7) is 0.0512. The monoisotopic (exact) mass is 334 g/mol. The van der Waals surface area contributed by atoms with Gasteiger partial charge in [-0.2, -0.15) is 0 Å². The lowest BCUT2D eigenvalue weighted by molar-refractivity contribution is 0.216. The fourth-order valence-corrected chi connectivity index (χ4v) is 2.37. The molecule has 0 aliphatic rings. The van der Waals surface area contributed by atoms with Gasteiger partial charge in [0.2, 0.25) is 0 Å². The van der Waals surface area contributed by atoms with E-state index in [2.05, 4.69) is 10.6 Å². The lowest BCUT2D eigenvalue weighted by atomic mass is 10.1. The van der Waals surface area contributed by atoms with Crippen LogP contribution in [0.5, 0.6) is 0 Å². The largest absolute Gasteiger partial charge is 0.394 e. The van der Waals surface area contributed by atoms with E-state index in [4.69, 9.17) is 0 Å². The van der Waals surface area contributed by atoms with Crippen molar-refractivity contribution < 1.29 is 18.7 Å². The van der Waals surface area contributed by atoms with Gasteiger partial charge in [-0.3, -0.25) is 0 Å². The molecule has 0 fully saturated rings. The van der Waals surface area contributed by atoms with Gasteiger partial charge in [-0.25, -0.2) is 13.6 Å². The molecule has 0 saturated carbocycles. The molecule has 24 heavy (non-hydrogen) atoms. The van der Waals surface area contributed by atoms with Crippen LogP contribution in [0.4, 0.5) is 13.6 Å². The Hall–Kier alpha value is -2.47. The van der Waals surface area contributed by atoms with Crippen LogP contribution in [0.3, 0.4) is 0 Å². The number of rotatable bonds is 7. The van der Waals surface area contributed by atoms with E-state index in [0.29, 0.717) is 18.4 Å². The first-order valence-electron chi connectivity index (χ1n) is 7.71. The highest BCUT2D eigenvalue weighted by molar-refractivity contribution is 5.74. The van der Waals surface area contributed by atoms with E-state index >= 15 is 0 Å². The number of nitrogens with one attached hydrogen (secondary N) is 2. The van der Waals surface area contributed by atoms with Crippen LogP contribution < -0.4 is 10.6 Å². The summed E-state index contributed by atoms with van der Waals surface area (Å²) in [7, 11) is 0. The van der Waals surface area contributed by atoms with Crippen LogP contribution in [0, 0.1) is 11.6 Å². The minimum Gasteiger partial charge on any atom is -0.394 e. The van der Waals surface area contributed by atoms with Gasteiger partial charge in [0.15, 0.2) is 0 Å². The first-order chi connectivity index (χ1) is 11.6. The standard InChI is InChI=1S/C18H20F2N2O2/c19-15-8-14(9-16(20)11-15)6-7-21-18(24)22-17(12-23)10-13-4-2-1-3-5-13/h1-5,8-9,11,17,23H,6-7,10,12H2,(H2,21,22,24). The Kier molecular flexibility index (Phi) is 6.69. The molecule has 2 rings (SSSR count). The molecule has 0 radical (unpaired) electrons. The van der Waals surface area contributed by atoms with Crippen molar-refractivity contribution >= 4 is 6.03 Å². The number of aliphatic hydroxyl groups is 1. The van der Waals surface area contributed by atoms with Crippen molar-refractivity contribution in [3.63, 3.8) is 0 Å². The molecule has 0 spiro atoms. The van der Waals surface area contributed by atoms with E-state index in [0.717, 1.165) is 11.6 Å². The average molecular weight is 334 g/mol. The Morgan fingerprint density at radius 2 is 1.71 bits per heavy atom. The Labute approximate surface area is 139 Å². The second kappa shape index (κ2) is 8.98. The number of amides is 2. The van der Waals surface area contributed by atoms with Crippen LogP contribution in [0.2, 0.25) is 0 Å². The third kappa shape index (κ3) is 5.96. The molecule has 2 aromatic carbocycles. The molecule has 2 amide bonds. The lowest BCUT2D eigenvalue weighted by Crippen LogP contribution is -2.45. The summed E-state index contributed by atoms with van der Waals surface area (Å²) < 4.78 is 26.1. The second-order valence-corrected chi connectivity index (χ2v) is 5.50. The van der Waals surface area contributed by atoms with Gasteiger partial charge >= 0.3 is 6.03 Å². The molecule has 3 N–H and O–H groups in total. The Morgan fingerprint density at radius 1 is 1.04 bits per heavy atom. The van der Waals surface area contributed by atoms with Crippen LogP contribution >= 0.6 is 0 Å². The Morgan fingerprint density at radius 3 is 2.33 bits per heavy atom. The fourth-order valence-electron chi connectivity index (χ4n) is 2.37. The topological polar surface area (TPSA) is 61.4 Å². The number of hydrogen-bond acceptors (Lipinski definition) is 2. The zero-order chi connectivity index (χ0) is 17.4. The summed E-state index contributed by atoms with van der Waals surface area (Å²) in [5.74, 6) is -1.28. The zero-order valence-corrected chi connectivity index (χ0v) is 13.1. The Balaban J connectivity index is 1.77. The third-order valence-corrected chi connectivity index (χ3v) is 3.50. The number of carbonyl (C=O) groups excluding carboxylic acids is 1. The van der Waals surface area contributed by atoms with E-state index in [9.17, 15) is 18.7 Å². The summed E-state index contributed by atoms with van der Waals surface area (Å²) in [5.41, 5.74) is 1.47. The molecule has 0 aliphatic heterocycles. The fraction of sp³-hybridized carbons (Fsp3) is 0.278. The van der Waals surface area contributed by atoms with Crippen molar-refractivity contribution in [2.75, 3.05) is 13.2 Å². The van der Waals surface area contributed by atoms with E-state index < -0.39 is 23.7 Å². The van der Waals surface area contributed by atoms with Crippen molar-refractivity contribution in [2.45, 2.75) is 18.9 Å². The normalized spacial score (nSPS) is 11.8. The van der Waals surface area contributed by atoms with Gasteiger partial charge in [0.05, 0.1) is 12.6 Å². The molecule has 0 heterocycles. The number of carbonyl (C=O) groups is 1. The number of halogens is 2. The van der Waals surface area contributed by atoms with E-state index in [-0.39, 0.29) is 13.2 Å². The Bertz CT molecular complexity index is 645. The van der Waals surface area contributed by atoms with Gasteiger partial charge in [-0.15, -0.1) is 0 Å². The first kappa shape index (κ1) is 17.9. The van der Waals surface area contributed by atoms with Crippen LogP contribution in [-0.4, -0.2) is 30.3 Å². The van der Waals surface area contributed by atoms with Gasteiger partial charge in [0.25, 0.3) is 0 Å². The second-order valence-electron chi connectivity index (χ2n) is 5.50. The SMILES string of the molecule is O=C(NCCc1cc(F)cc(F)c1)NC(CO)Cc1ccccc1. The lowest BCUT2D eigenvalue weighted by Gasteiger charge is -2.17. The molecule has 0 aromatic heterocycles. The molecule has 0 bridgehead atoms. The van der Waals surface area contributed by atoms with Crippen molar-refractivity contribution in [3.05, 3.63) is 71.3 Å². The summed E-state index contributed by atoms with van der Waals surface area (Å²) in [4.78, 5) is 11.8. The van der Waals surface area contributed by atoms with E-state index in [1.807, 2.05) is 30.3 Å². The molecule has 4 nitrogen and oxygen atoms in total. The van der Waals surface area contributed by atoms with Crippen molar-refractivity contribution in [2.24, 2.45) is 0 Å². The minimum absolute atomic E-state index is 0.183. The first-order valence-corrected chi connectivity index (χ1v) is 7.71. The molecule has 128 valence electrons.